The predicted molar refractivity (Wildman–Crippen MR) is 110 cm³/mol. The summed E-state index contributed by atoms with van der Waals surface area (Å²) in [6, 6.07) is 2.09. The van der Waals surface area contributed by atoms with Crippen molar-refractivity contribution in [1.29, 1.82) is 0 Å². The molecule has 0 bridgehead atoms. The Bertz CT molecular complexity index is 643. The van der Waals surface area contributed by atoms with Gasteiger partial charge in [0.25, 0.3) is 0 Å². The Labute approximate surface area is 165 Å². The quantitative estimate of drug-likeness (QED) is 0.723. The first-order valence-electron chi connectivity index (χ1n) is 9.91. The summed E-state index contributed by atoms with van der Waals surface area (Å²) in [6.07, 6.45) is 4.86. The molecule has 27 heavy (non-hydrogen) atoms. The van der Waals surface area contributed by atoms with Gasteiger partial charge in [-0.3, -0.25) is 0 Å². The van der Waals surface area contributed by atoms with Gasteiger partial charge in [-0.1, -0.05) is 0 Å². The van der Waals surface area contributed by atoms with E-state index in [1.165, 1.54) is 12.8 Å². The molecule has 3 saturated heterocycles. The van der Waals surface area contributed by atoms with E-state index in [0.29, 0.717) is 17.6 Å². The van der Waals surface area contributed by atoms with E-state index in [1.54, 1.807) is 0 Å². The minimum Gasteiger partial charge on any atom is -0.378 e. The van der Waals surface area contributed by atoms with E-state index < -0.39 is 0 Å². The smallest absolute Gasteiger partial charge is 0.232 e. The van der Waals surface area contributed by atoms with E-state index in [9.17, 15) is 0 Å². The predicted octanol–water partition coefficient (Wildman–Crippen LogP) is 1.38. The highest BCUT2D eigenvalue weighted by atomic mass is 32.1. The lowest BCUT2D eigenvalue weighted by molar-refractivity contribution is 0.114. The molecule has 2 N–H and O–H groups in total. The average Bonchev–Trinajstić information content (AvgIpc) is 3.41. The van der Waals surface area contributed by atoms with Gasteiger partial charge < -0.3 is 29.9 Å². The van der Waals surface area contributed by atoms with Gasteiger partial charge in [0.05, 0.1) is 19.3 Å². The third-order valence-corrected chi connectivity index (χ3v) is 5.45. The molecular weight excluding hydrogens is 364 g/mol. The minimum atomic E-state index is 0.241. The summed E-state index contributed by atoms with van der Waals surface area (Å²) in [7, 11) is 0. The van der Waals surface area contributed by atoms with E-state index in [0.717, 1.165) is 70.5 Å². The second-order valence-electron chi connectivity index (χ2n) is 7.17. The van der Waals surface area contributed by atoms with Crippen molar-refractivity contribution in [3.05, 3.63) is 6.07 Å². The van der Waals surface area contributed by atoms with E-state index >= 15 is 0 Å². The van der Waals surface area contributed by atoms with Crippen molar-refractivity contribution >= 4 is 34.9 Å². The highest BCUT2D eigenvalue weighted by Gasteiger charge is 2.20. The zero-order chi connectivity index (χ0) is 18.5. The first-order chi connectivity index (χ1) is 13.3. The second-order valence-corrected chi connectivity index (χ2v) is 7.58. The summed E-state index contributed by atoms with van der Waals surface area (Å²) in [6.45, 7) is 6.79. The third kappa shape index (κ3) is 4.97. The average molecular weight is 393 g/mol. The number of morpholine rings is 1. The Balaban J connectivity index is 1.45. The first-order valence-corrected chi connectivity index (χ1v) is 10.3. The van der Waals surface area contributed by atoms with Crippen LogP contribution in [0.25, 0.3) is 0 Å². The lowest BCUT2D eigenvalue weighted by Gasteiger charge is -2.29. The molecule has 1 atom stereocenters. The number of thiocarbonyl (C=S) groups is 1. The molecule has 0 aromatic carbocycles. The van der Waals surface area contributed by atoms with Crippen molar-refractivity contribution in [2.45, 2.75) is 31.8 Å². The summed E-state index contributed by atoms with van der Waals surface area (Å²) < 4.78 is 11.1. The monoisotopic (exact) mass is 392 g/mol. The maximum Gasteiger partial charge on any atom is 0.232 e. The van der Waals surface area contributed by atoms with Crippen LogP contribution < -0.4 is 20.4 Å². The van der Waals surface area contributed by atoms with Crippen molar-refractivity contribution < 1.29 is 9.47 Å². The van der Waals surface area contributed by atoms with E-state index in [4.69, 9.17) is 31.7 Å². The zero-order valence-corrected chi connectivity index (χ0v) is 16.5. The number of hydrogen-bond acceptors (Lipinski definition) is 7. The van der Waals surface area contributed by atoms with Crippen LogP contribution in [0.2, 0.25) is 0 Å². The molecule has 3 aliphatic heterocycles. The summed E-state index contributed by atoms with van der Waals surface area (Å²) in [5.74, 6) is 2.44. The molecule has 9 heteroatoms. The van der Waals surface area contributed by atoms with Crippen LogP contribution in [0, 0.1) is 0 Å². The van der Waals surface area contributed by atoms with Gasteiger partial charge in [0, 0.05) is 45.4 Å². The van der Waals surface area contributed by atoms with Crippen LogP contribution in [0.5, 0.6) is 0 Å². The largest absolute Gasteiger partial charge is 0.378 e. The zero-order valence-electron chi connectivity index (χ0n) is 15.7. The Morgan fingerprint density at radius 2 is 1.74 bits per heavy atom. The standard InChI is InChI=1S/C18H28N6O2S/c27-18(19-13-14-4-3-9-26-14)22-17-20-15(23-5-1-2-6-23)12-16(21-17)24-7-10-25-11-8-24/h12,14H,1-11,13H2,(H2,19,20,21,22,27)/t14-/m1/s1. The van der Waals surface area contributed by atoms with Crippen molar-refractivity contribution in [1.82, 2.24) is 15.3 Å². The Morgan fingerprint density at radius 1 is 1.04 bits per heavy atom. The Kier molecular flexibility index (Phi) is 6.21. The molecule has 1 aromatic rings. The molecule has 8 nitrogen and oxygen atoms in total. The van der Waals surface area contributed by atoms with Gasteiger partial charge in [-0.05, 0) is 37.9 Å². The van der Waals surface area contributed by atoms with Gasteiger partial charge in [0.2, 0.25) is 5.95 Å². The molecule has 3 aliphatic rings. The Hall–Kier alpha value is -1.71. The number of aromatic nitrogens is 2. The maximum atomic E-state index is 5.63. The van der Waals surface area contributed by atoms with Crippen LogP contribution in [0.4, 0.5) is 17.6 Å². The lowest BCUT2D eigenvalue weighted by Crippen LogP contribution is -2.38. The van der Waals surface area contributed by atoms with Crippen molar-refractivity contribution in [2.75, 3.05) is 67.7 Å². The molecule has 4 heterocycles. The van der Waals surface area contributed by atoms with E-state index in [1.807, 2.05) is 0 Å². The lowest BCUT2D eigenvalue weighted by atomic mass is 10.2. The van der Waals surface area contributed by atoms with Gasteiger partial charge in [-0.25, -0.2) is 0 Å². The van der Waals surface area contributed by atoms with Crippen LogP contribution >= 0.6 is 12.2 Å². The number of ether oxygens (including phenoxy) is 2. The maximum absolute atomic E-state index is 5.63. The molecular formula is C18H28N6O2S. The SMILES string of the molecule is S=C(NC[C@H]1CCCO1)Nc1nc(N2CCCC2)cc(N2CCOCC2)n1. The topological polar surface area (TPSA) is 74.8 Å². The third-order valence-electron chi connectivity index (χ3n) is 5.20. The molecule has 0 spiro atoms. The van der Waals surface area contributed by atoms with Gasteiger partial charge in [0.1, 0.15) is 11.6 Å². The van der Waals surface area contributed by atoms with Crippen molar-refractivity contribution in [3.8, 4) is 0 Å². The summed E-state index contributed by atoms with van der Waals surface area (Å²) >= 11 is 5.44. The summed E-state index contributed by atoms with van der Waals surface area (Å²) in [5.41, 5.74) is 0. The molecule has 4 rings (SSSR count). The fraction of sp³-hybridized carbons (Fsp3) is 0.722. The number of nitrogens with zero attached hydrogens (tertiary/aromatic N) is 4. The van der Waals surface area contributed by atoms with Crippen LogP contribution in [-0.2, 0) is 9.47 Å². The van der Waals surface area contributed by atoms with Gasteiger partial charge in [-0.2, -0.15) is 9.97 Å². The summed E-state index contributed by atoms with van der Waals surface area (Å²) in [4.78, 5) is 14.0. The molecule has 0 unspecified atom stereocenters. The number of anilines is 3. The van der Waals surface area contributed by atoms with Gasteiger partial charge in [-0.15, -0.1) is 0 Å². The van der Waals surface area contributed by atoms with Crippen molar-refractivity contribution in [3.63, 3.8) is 0 Å². The van der Waals surface area contributed by atoms with Crippen LogP contribution in [0.3, 0.4) is 0 Å². The molecule has 3 fully saturated rings. The normalized spacial score (nSPS) is 22.9. The van der Waals surface area contributed by atoms with Crippen LogP contribution in [0.1, 0.15) is 25.7 Å². The number of rotatable bonds is 5. The first kappa shape index (κ1) is 18.6. The fourth-order valence-electron chi connectivity index (χ4n) is 3.70. The van der Waals surface area contributed by atoms with Crippen molar-refractivity contribution in [2.24, 2.45) is 0 Å². The fourth-order valence-corrected chi connectivity index (χ4v) is 3.87. The molecule has 0 saturated carbocycles. The molecule has 0 amide bonds. The Morgan fingerprint density at radius 3 is 2.41 bits per heavy atom. The number of nitrogens with one attached hydrogen (secondary N) is 2. The van der Waals surface area contributed by atoms with Crippen LogP contribution in [-0.4, -0.2) is 73.7 Å². The molecule has 1 aromatic heterocycles. The highest BCUT2D eigenvalue weighted by molar-refractivity contribution is 7.80. The highest BCUT2D eigenvalue weighted by Crippen LogP contribution is 2.24. The van der Waals surface area contributed by atoms with Crippen LogP contribution in [0.15, 0.2) is 6.07 Å². The molecule has 148 valence electrons. The second kappa shape index (κ2) is 8.99. The van der Waals surface area contributed by atoms with E-state index in [-0.39, 0.29) is 6.10 Å². The molecule has 0 aliphatic carbocycles. The van der Waals surface area contributed by atoms with E-state index in [2.05, 4.69) is 26.5 Å². The van der Waals surface area contributed by atoms with Gasteiger partial charge in [0.15, 0.2) is 5.11 Å². The number of hydrogen-bond donors (Lipinski definition) is 2. The van der Waals surface area contributed by atoms with Gasteiger partial charge >= 0.3 is 0 Å². The summed E-state index contributed by atoms with van der Waals surface area (Å²) in [5, 5.41) is 6.94. The minimum absolute atomic E-state index is 0.241. The molecule has 0 radical (unpaired) electrons.